The van der Waals surface area contributed by atoms with Crippen molar-refractivity contribution in [2.45, 2.75) is 4.90 Å². The molecule has 0 aliphatic rings. The van der Waals surface area contributed by atoms with Gasteiger partial charge < -0.3 is 4.74 Å². The summed E-state index contributed by atoms with van der Waals surface area (Å²) in [4.78, 5) is 31.8. The highest BCUT2D eigenvalue weighted by Crippen LogP contribution is 2.31. The normalized spacial score (nSPS) is 11.1. The van der Waals surface area contributed by atoms with Crippen LogP contribution in [0.15, 0.2) is 77.3 Å². The predicted molar refractivity (Wildman–Crippen MR) is 126 cm³/mol. The van der Waals surface area contributed by atoms with Gasteiger partial charge in [-0.15, -0.1) is 11.3 Å². The summed E-state index contributed by atoms with van der Waals surface area (Å²) in [6.45, 7) is 0. The molecule has 0 atom stereocenters. The van der Waals surface area contributed by atoms with Crippen molar-refractivity contribution in [2.75, 3.05) is 11.6 Å². The zero-order valence-electron chi connectivity index (χ0n) is 17.5. The first kappa shape index (κ1) is 23.0. The van der Waals surface area contributed by atoms with E-state index in [1.54, 1.807) is 17.6 Å². The minimum absolute atomic E-state index is 0.137. The molecule has 2 aromatic carbocycles. The van der Waals surface area contributed by atoms with Gasteiger partial charge in [0.25, 0.3) is 11.6 Å². The Hall–Kier alpha value is -4.16. The Morgan fingerprint density at radius 2 is 1.79 bits per heavy atom. The summed E-state index contributed by atoms with van der Waals surface area (Å²) >= 11 is 1.25. The monoisotopic (exact) mass is 496 g/mol. The molecule has 0 saturated heterocycles. The quantitative estimate of drug-likeness (QED) is 0.290. The molecule has 0 saturated carbocycles. The van der Waals surface area contributed by atoms with Gasteiger partial charge in [-0.25, -0.2) is 13.4 Å². The number of hydrogen-bond donors (Lipinski definition) is 1. The summed E-state index contributed by atoms with van der Waals surface area (Å²) in [5.41, 5.74) is 0.749. The Balaban J connectivity index is 1.72. The lowest BCUT2D eigenvalue weighted by molar-refractivity contribution is -0.384. The number of nitrogens with one attached hydrogen (secondary N) is 1. The molecule has 0 aliphatic heterocycles. The Kier molecular flexibility index (Phi) is 6.34. The molecule has 2 aromatic heterocycles. The van der Waals surface area contributed by atoms with Crippen LogP contribution in [-0.2, 0) is 9.84 Å². The molecule has 172 valence electrons. The number of rotatable bonds is 7. The Bertz CT molecular complexity index is 1470. The number of ether oxygens (including phenoxy) is 1. The predicted octanol–water partition coefficient (Wildman–Crippen LogP) is 4.56. The third-order valence-electron chi connectivity index (χ3n) is 4.56. The second-order valence-corrected chi connectivity index (χ2v) is 9.95. The van der Waals surface area contributed by atoms with Gasteiger partial charge in [-0.2, -0.15) is 0 Å². The molecule has 0 spiro atoms. The third-order valence-corrected chi connectivity index (χ3v) is 6.38. The van der Waals surface area contributed by atoms with Crippen LogP contribution in [0.2, 0.25) is 0 Å². The molecule has 0 radical (unpaired) electrons. The number of amides is 1. The number of carbonyl (C=O) groups is 1. The van der Waals surface area contributed by atoms with Gasteiger partial charge in [0.05, 0.1) is 15.5 Å². The molecule has 4 aromatic rings. The van der Waals surface area contributed by atoms with Crippen LogP contribution in [-0.4, -0.2) is 35.5 Å². The number of pyridine rings is 1. The number of nitro groups is 1. The maximum absolute atomic E-state index is 12.8. The summed E-state index contributed by atoms with van der Waals surface area (Å²) in [6.07, 6.45) is 3.96. The second-order valence-electron chi connectivity index (χ2n) is 7.04. The highest BCUT2D eigenvalue weighted by atomic mass is 32.2. The van der Waals surface area contributed by atoms with Gasteiger partial charge in [0, 0.05) is 47.3 Å². The van der Waals surface area contributed by atoms with Crippen LogP contribution < -0.4 is 10.1 Å². The maximum Gasteiger partial charge on any atom is 0.273 e. The lowest BCUT2D eigenvalue weighted by Gasteiger charge is -2.11. The van der Waals surface area contributed by atoms with E-state index in [1.807, 2.05) is 0 Å². The fourth-order valence-electron chi connectivity index (χ4n) is 2.97. The number of aromatic nitrogens is 2. The van der Waals surface area contributed by atoms with Gasteiger partial charge in [0.2, 0.25) is 0 Å². The van der Waals surface area contributed by atoms with Crippen molar-refractivity contribution in [3.8, 4) is 22.8 Å². The van der Waals surface area contributed by atoms with E-state index in [4.69, 9.17) is 4.74 Å². The van der Waals surface area contributed by atoms with Crippen molar-refractivity contribution < 1.29 is 22.9 Å². The van der Waals surface area contributed by atoms with Crippen molar-refractivity contribution in [1.82, 2.24) is 9.97 Å². The van der Waals surface area contributed by atoms with Gasteiger partial charge >= 0.3 is 0 Å². The Morgan fingerprint density at radius 3 is 2.44 bits per heavy atom. The van der Waals surface area contributed by atoms with Gasteiger partial charge in [-0.05, 0) is 42.5 Å². The number of hydrogen-bond acceptors (Lipinski definition) is 9. The first-order chi connectivity index (χ1) is 16.2. The molecule has 0 unspecified atom stereocenters. The summed E-state index contributed by atoms with van der Waals surface area (Å²) in [5, 5.41) is 16.0. The first-order valence-electron chi connectivity index (χ1n) is 9.64. The van der Waals surface area contributed by atoms with Crippen LogP contribution in [0.3, 0.4) is 0 Å². The highest BCUT2D eigenvalue weighted by Gasteiger charge is 2.15. The molecular formula is C22H16N4O6S2. The smallest absolute Gasteiger partial charge is 0.273 e. The second kappa shape index (κ2) is 9.37. The van der Waals surface area contributed by atoms with E-state index < -0.39 is 20.7 Å². The van der Waals surface area contributed by atoms with Crippen LogP contribution in [0.25, 0.3) is 11.3 Å². The van der Waals surface area contributed by atoms with Crippen molar-refractivity contribution in [3.63, 3.8) is 0 Å². The summed E-state index contributed by atoms with van der Waals surface area (Å²) in [6, 6.07) is 13.0. The largest absolute Gasteiger partial charge is 0.457 e. The molecular weight excluding hydrogens is 480 g/mol. The molecule has 10 nitrogen and oxygen atoms in total. The summed E-state index contributed by atoms with van der Waals surface area (Å²) in [7, 11) is -3.37. The lowest BCUT2D eigenvalue weighted by atomic mass is 10.1. The van der Waals surface area contributed by atoms with E-state index in [-0.39, 0.29) is 27.6 Å². The molecule has 4 rings (SSSR count). The van der Waals surface area contributed by atoms with E-state index in [2.05, 4.69) is 15.3 Å². The van der Waals surface area contributed by atoms with Crippen LogP contribution in [0.4, 0.5) is 10.8 Å². The van der Waals surface area contributed by atoms with E-state index >= 15 is 0 Å². The lowest BCUT2D eigenvalue weighted by Crippen LogP contribution is -2.12. The van der Waals surface area contributed by atoms with E-state index in [1.165, 1.54) is 66.1 Å². The molecule has 1 amide bonds. The van der Waals surface area contributed by atoms with Crippen molar-refractivity contribution in [3.05, 3.63) is 88.0 Å². The first-order valence-corrected chi connectivity index (χ1v) is 12.4. The topological polar surface area (TPSA) is 141 Å². The fraction of sp³-hybridized carbons (Fsp3) is 0.0455. The van der Waals surface area contributed by atoms with Crippen molar-refractivity contribution in [1.29, 1.82) is 0 Å². The number of sulfone groups is 1. The molecule has 1 N–H and O–H groups in total. The standard InChI is InChI=1S/C22H16N4O6S2/c1-34(30,31)19-4-2-17(3-5-19)32-18-11-14(20-13-16(26(28)29)6-7-23-20)10-15(12-18)21(27)25-22-24-8-9-33-22/h2-13H,1H3,(H,24,25,27). The third kappa shape index (κ3) is 5.42. The van der Waals surface area contributed by atoms with Crippen LogP contribution in [0.5, 0.6) is 11.5 Å². The average molecular weight is 497 g/mol. The van der Waals surface area contributed by atoms with Crippen LogP contribution >= 0.6 is 11.3 Å². The molecule has 0 bridgehead atoms. The zero-order chi connectivity index (χ0) is 24.3. The van der Waals surface area contributed by atoms with Gasteiger partial charge in [-0.3, -0.25) is 25.2 Å². The zero-order valence-corrected chi connectivity index (χ0v) is 19.2. The minimum Gasteiger partial charge on any atom is -0.457 e. The maximum atomic E-state index is 12.8. The molecule has 0 aliphatic carbocycles. The van der Waals surface area contributed by atoms with Crippen molar-refractivity contribution >= 4 is 37.9 Å². The summed E-state index contributed by atoms with van der Waals surface area (Å²) in [5.74, 6) is 0.129. The van der Waals surface area contributed by atoms with E-state index in [0.717, 1.165) is 6.26 Å². The molecule has 0 fully saturated rings. The Morgan fingerprint density at radius 1 is 1.03 bits per heavy atom. The fourth-order valence-corrected chi connectivity index (χ4v) is 4.13. The van der Waals surface area contributed by atoms with Gasteiger partial charge in [0.15, 0.2) is 15.0 Å². The minimum atomic E-state index is -3.37. The van der Waals surface area contributed by atoms with Crippen LogP contribution in [0.1, 0.15) is 10.4 Å². The SMILES string of the molecule is CS(=O)(=O)c1ccc(Oc2cc(C(=O)Nc3nccs3)cc(-c3cc([N+](=O)[O-])ccn3)c2)cc1. The average Bonchev–Trinajstić information content (AvgIpc) is 3.32. The van der Waals surface area contributed by atoms with Gasteiger partial charge in [0.1, 0.15) is 11.5 Å². The van der Waals surface area contributed by atoms with E-state index in [9.17, 15) is 23.3 Å². The van der Waals surface area contributed by atoms with Gasteiger partial charge in [-0.1, -0.05) is 0 Å². The van der Waals surface area contributed by atoms with Crippen molar-refractivity contribution in [2.24, 2.45) is 0 Å². The molecule has 12 heteroatoms. The number of benzene rings is 2. The Labute approximate surface area is 198 Å². The molecule has 34 heavy (non-hydrogen) atoms. The van der Waals surface area contributed by atoms with E-state index in [0.29, 0.717) is 16.4 Å². The highest BCUT2D eigenvalue weighted by molar-refractivity contribution is 7.90. The number of nitrogens with zero attached hydrogens (tertiary/aromatic N) is 3. The summed E-state index contributed by atoms with van der Waals surface area (Å²) < 4.78 is 29.2. The molecule has 2 heterocycles. The number of thiazole rings is 1. The van der Waals surface area contributed by atoms with Crippen LogP contribution in [0, 0.1) is 10.1 Å². The number of anilines is 1. The number of carbonyl (C=O) groups excluding carboxylic acids is 1.